The number of carbonyl (C=O) groups excluding carboxylic acids is 2. The van der Waals surface area contributed by atoms with Gasteiger partial charge in [0.15, 0.2) is 0 Å². The van der Waals surface area contributed by atoms with Crippen molar-refractivity contribution in [2.24, 2.45) is 5.92 Å². The maximum Gasteiger partial charge on any atom is 0.248 e. The zero-order valence-electron chi connectivity index (χ0n) is 21.6. The molecule has 0 spiro atoms. The molecule has 0 radical (unpaired) electrons. The van der Waals surface area contributed by atoms with E-state index in [-0.39, 0.29) is 23.7 Å². The van der Waals surface area contributed by atoms with Crippen molar-refractivity contribution in [1.29, 1.82) is 0 Å². The van der Waals surface area contributed by atoms with E-state index in [2.05, 4.69) is 20.5 Å². The van der Waals surface area contributed by atoms with Gasteiger partial charge in [0.2, 0.25) is 11.8 Å². The number of ether oxygens (including phenoxy) is 1. The van der Waals surface area contributed by atoms with Gasteiger partial charge in [-0.25, -0.2) is 4.98 Å². The zero-order chi connectivity index (χ0) is 27.2. The Kier molecular flexibility index (Phi) is 8.56. The van der Waals surface area contributed by atoms with E-state index in [4.69, 9.17) is 22.1 Å². The molecule has 2 amide bonds. The van der Waals surface area contributed by atoms with E-state index in [0.29, 0.717) is 34.8 Å². The number of rotatable bonds is 7. The molecular weight excluding hydrogens is 514 g/mol. The Morgan fingerprint density at radius 3 is 2.49 bits per heavy atom. The normalized spacial score (nSPS) is 20.2. The third kappa shape index (κ3) is 6.84. The lowest BCUT2D eigenvalue weighted by Gasteiger charge is -2.31. The number of aromatic nitrogens is 1. The molecular formula is C30H32ClN5O3. The Hall–Kier alpha value is -3.72. The van der Waals surface area contributed by atoms with E-state index < -0.39 is 0 Å². The Bertz CT molecular complexity index is 1320. The summed E-state index contributed by atoms with van der Waals surface area (Å²) in [7, 11) is 0. The van der Waals surface area contributed by atoms with Gasteiger partial charge in [-0.1, -0.05) is 48.0 Å². The first-order valence-electron chi connectivity index (χ1n) is 13.1. The first-order valence-corrected chi connectivity index (χ1v) is 13.5. The van der Waals surface area contributed by atoms with Gasteiger partial charge >= 0.3 is 0 Å². The third-order valence-corrected chi connectivity index (χ3v) is 7.60. The number of carbonyl (C=O) groups is 2. The fourth-order valence-electron chi connectivity index (χ4n) is 5.27. The number of benzene rings is 2. The minimum absolute atomic E-state index is 0.0301. The van der Waals surface area contributed by atoms with Crippen molar-refractivity contribution in [3.8, 4) is 0 Å². The van der Waals surface area contributed by atoms with E-state index in [1.165, 1.54) is 12.3 Å². The van der Waals surface area contributed by atoms with Crippen LogP contribution in [0.25, 0.3) is 6.08 Å². The first kappa shape index (κ1) is 26.9. The van der Waals surface area contributed by atoms with Crippen LogP contribution in [0.15, 0.2) is 72.9 Å². The van der Waals surface area contributed by atoms with Gasteiger partial charge in [0.1, 0.15) is 5.82 Å². The summed E-state index contributed by atoms with van der Waals surface area (Å²) in [5.41, 5.74) is 8.98. The highest BCUT2D eigenvalue weighted by atomic mass is 35.5. The lowest BCUT2D eigenvalue weighted by atomic mass is 9.88. The number of pyridine rings is 1. The minimum atomic E-state index is -0.257. The van der Waals surface area contributed by atoms with Gasteiger partial charge in [0.05, 0.1) is 22.3 Å². The van der Waals surface area contributed by atoms with Crippen molar-refractivity contribution in [2.45, 2.75) is 24.8 Å². The molecule has 1 aromatic heterocycles. The molecule has 2 fully saturated rings. The van der Waals surface area contributed by atoms with Crippen LogP contribution in [-0.2, 0) is 14.3 Å². The molecule has 39 heavy (non-hydrogen) atoms. The summed E-state index contributed by atoms with van der Waals surface area (Å²) >= 11 is 5.95. The molecule has 3 aromatic rings. The van der Waals surface area contributed by atoms with Gasteiger partial charge in [-0.2, -0.15) is 0 Å². The predicted molar refractivity (Wildman–Crippen MR) is 154 cm³/mol. The standard InChI is InChI=1S/C30H32ClN5O3/c31-22-10-11-28(33-17-22)35-30(38)25-19-36(23-13-15-39-16-14-23)18-24(25)21-8-5-20(6-9-21)7-12-29(37)34-27-4-2-1-3-26(27)32/h1-12,17,23-25H,13-16,18-19,32H2,(H,34,37)(H,33,35,38)/b12-7+. The van der Waals surface area contributed by atoms with Crippen LogP contribution in [0.4, 0.5) is 17.2 Å². The number of anilines is 3. The van der Waals surface area contributed by atoms with Gasteiger partial charge in [-0.3, -0.25) is 14.5 Å². The van der Waals surface area contributed by atoms with Crippen LogP contribution < -0.4 is 16.4 Å². The summed E-state index contributed by atoms with van der Waals surface area (Å²) in [6.07, 6.45) is 6.72. The van der Waals surface area contributed by atoms with Crippen molar-refractivity contribution in [3.63, 3.8) is 0 Å². The SMILES string of the molecule is Nc1ccccc1NC(=O)/C=C/c1ccc(C2CN(C3CCOCC3)CC2C(=O)Nc2ccc(Cl)cn2)cc1. The fraction of sp³-hybridized carbons (Fsp3) is 0.300. The monoisotopic (exact) mass is 545 g/mol. The maximum atomic E-state index is 13.4. The van der Waals surface area contributed by atoms with Crippen molar-refractivity contribution in [2.75, 3.05) is 42.7 Å². The molecule has 4 N–H and O–H groups in total. The molecule has 0 saturated carbocycles. The Labute approximate surface area is 233 Å². The summed E-state index contributed by atoms with van der Waals surface area (Å²) in [6, 6.07) is 19.0. The van der Waals surface area contributed by atoms with Gasteiger partial charge in [0.25, 0.3) is 0 Å². The molecule has 5 rings (SSSR count). The third-order valence-electron chi connectivity index (χ3n) is 7.38. The Balaban J connectivity index is 1.29. The molecule has 0 aliphatic carbocycles. The number of nitrogens with one attached hydrogen (secondary N) is 2. The van der Waals surface area contributed by atoms with Gasteiger partial charge in [-0.15, -0.1) is 0 Å². The summed E-state index contributed by atoms with van der Waals surface area (Å²) in [6.45, 7) is 2.98. The van der Waals surface area contributed by atoms with Crippen LogP contribution in [-0.4, -0.2) is 54.0 Å². The number of amides is 2. The van der Waals surface area contributed by atoms with E-state index in [9.17, 15) is 9.59 Å². The predicted octanol–water partition coefficient (Wildman–Crippen LogP) is 4.80. The molecule has 2 aliphatic heterocycles. The van der Waals surface area contributed by atoms with Gasteiger partial charge < -0.3 is 21.1 Å². The molecule has 9 heteroatoms. The molecule has 202 valence electrons. The average molecular weight is 546 g/mol. The molecule has 2 aromatic carbocycles. The molecule has 2 aliphatic rings. The topological polar surface area (TPSA) is 110 Å². The van der Waals surface area contributed by atoms with Crippen LogP contribution in [0.5, 0.6) is 0 Å². The molecule has 8 nitrogen and oxygen atoms in total. The van der Waals surface area contributed by atoms with Crippen LogP contribution in [0.2, 0.25) is 5.02 Å². The van der Waals surface area contributed by atoms with Crippen molar-refractivity contribution >= 4 is 46.7 Å². The second kappa shape index (κ2) is 12.4. The molecule has 0 bridgehead atoms. The Morgan fingerprint density at radius 2 is 1.77 bits per heavy atom. The van der Waals surface area contributed by atoms with Crippen LogP contribution >= 0.6 is 11.6 Å². The average Bonchev–Trinajstić information content (AvgIpc) is 3.41. The quantitative estimate of drug-likeness (QED) is 0.290. The van der Waals surface area contributed by atoms with Crippen molar-refractivity contribution < 1.29 is 14.3 Å². The molecule has 2 saturated heterocycles. The highest BCUT2D eigenvalue weighted by molar-refractivity contribution is 6.30. The summed E-state index contributed by atoms with van der Waals surface area (Å²) in [5, 5.41) is 6.29. The minimum Gasteiger partial charge on any atom is -0.397 e. The second-order valence-corrected chi connectivity index (χ2v) is 10.4. The highest BCUT2D eigenvalue weighted by Crippen LogP contribution is 2.36. The summed E-state index contributed by atoms with van der Waals surface area (Å²) in [5.74, 6) is -0.0160. The molecule has 2 unspecified atom stereocenters. The number of hydrogen-bond donors (Lipinski definition) is 3. The first-order chi connectivity index (χ1) is 19.0. The van der Waals surface area contributed by atoms with Crippen LogP contribution in [0.1, 0.15) is 29.9 Å². The lowest BCUT2D eigenvalue weighted by molar-refractivity contribution is -0.120. The van der Waals surface area contributed by atoms with Crippen molar-refractivity contribution in [1.82, 2.24) is 9.88 Å². The van der Waals surface area contributed by atoms with Crippen LogP contribution in [0, 0.1) is 5.92 Å². The number of nitrogens with zero attached hydrogens (tertiary/aromatic N) is 2. The largest absolute Gasteiger partial charge is 0.397 e. The zero-order valence-corrected chi connectivity index (χ0v) is 22.3. The number of nitrogen functional groups attached to an aromatic ring is 1. The number of halogens is 1. The number of para-hydroxylation sites is 2. The summed E-state index contributed by atoms with van der Waals surface area (Å²) in [4.78, 5) is 32.5. The Morgan fingerprint density at radius 1 is 1.00 bits per heavy atom. The second-order valence-electron chi connectivity index (χ2n) is 9.94. The molecule has 3 heterocycles. The van der Waals surface area contributed by atoms with Crippen molar-refractivity contribution in [3.05, 3.63) is 89.1 Å². The number of hydrogen-bond acceptors (Lipinski definition) is 6. The van der Waals surface area contributed by atoms with Gasteiger partial charge in [0, 0.05) is 50.5 Å². The molecule has 2 atom stereocenters. The summed E-state index contributed by atoms with van der Waals surface area (Å²) < 4.78 is 5.56. The maximum absolute atomic E-state index is 13.4. The number of nitrogens with two attached hydrogens (primary N) is 1. The van der Waals surface area contributed by atoms with E-state index in [0.717, 1.165) is 43.7 Å². The fourth-order valence-corrected chi connectivity index (χ4v) is 5.38. The lowest BCUT2D eigenvalue weighted by Crippen LogP contribution is -2.38. The number of likely N-dealkylation sites (tertiary alicyclic amines) is 1. The van der Waals surface area contributed by atoms with E-state index in [1.54, 1.807) is 30.3 Å². The smallest absolute Gasteiger partial charge is 0.248 e. The van der Waals surface area contributed by atoms with Gasteiger partial charge in [-0.05, 0) is 54.3 Å². The van der Waals surface area contributed by atoms with E-state index in [1.807, 2.05) is 36.4 Å². The van der Waals surface area contributed by atoms with Crippen LogP contribution in [0.3, 0.4) is 0 Å². The van der Waals surface area contributed by atoms with E-state index >= 15 is 0 Å². The highest BCUT2D eigenvalue weighted by Gasteiger charge is 2.41.